The Balaban J connectivity index is 0.00000144. The van der Waals surface area contributed by atoms with Gasteiger partial charge < -0.3 is 9.72 Å². The minimum Gasteiger partial charge on any atom is -0.455 e. The summed E-state index contributed by atoms with van der Waals surface area (Å²) in [4.78, 5) is 14.1. The van der Waals surface area contributed by atoms with Crippen molar-refractivity contribution in [3.8, 4) is 0 Å². The van der Waals surface area contributed by atoms with Gasteiger partial charge in [-0.2, -0.15) is 0 Å². The second kappa shape index (κ2) is 4.09. The van der Waals surface area contributed by atoms with Gasteiger partial charge in [-0.25, -0.2) is 4.79 Å². The number of carbonyl (C=O) groups is 1. The fourth-order valence-corrected chi connectivity index (χ4v) is 0.790. The maximum atomic E-state index is 11.3. The molecule has 0 aliphatic rings. The van der Waals surface area contributed by atoms with Crippen molar-refractivity contribution >= 4 is 5.97 Å². The minimum absolute atomic E-state index is 0. The zero-order valence-electron chi connectivity index (χ0n) is 8.00. The molecule has 0 saturated carbocycles. The van der Waals surface area contributed by atoms with Gasteiger partial charge in [-0.3, -0.25) is 0 Å². The Kier molecular flexibility index (Phi) is 3.69. The number of aromatic amines is 1. The molecule has 0 aromatic carbocycles. The highest BCUT2D eigenvalue weighted by atomic mass is 16.6. The number of H-pyrrole nitrogens is 1. The fourth-order valence-electron chi connectivity index (χ4n) is 0.790. The summed E-state index contributed by atoms with van der Waals surface area (Å²) in [5.41, 5.74) is 0.0623. The normalized spacial score (nSPS) is 10.4. The molecule has 13 heavy (non-hydrogen) atoms. The molecule has 3 radical (unpaired) electrons. The molecule has 1 N–H and O–H groups in total. The predicted octanol–water partition coefficient (Wildman–Crippen LogP) is 1.49. The third-order valence-corrected chi connectivity index (χ3v) is 1.22. The number of aromatic nitrogens is 1. The number of rotatable bonds is 1. The Hall–Kier alpha value is -1.29. The van der Waals surface area contributed by atoms with Crippen molar-refractivity contribution in [3.63, 3.8) is 0 Å². The van der Waals surface area contributed by atoms with Crippen molar-refractivity contribution in [2.24, 2.45) is 0 Å². The molecule has 0 unspecified atom stereocenters. The Bertz CT molecular complexity index is 260. The van der Waals surface area contributed by atoms with Gasteiger partial charge in [-0.1, -0.05) is 0 Å². The third kappa shape index (κ3) is 3.75. The lowest BCUT2D eigenvalue weighted by Gasteiger charge is -2.18. The number of ether oxygens (including phenoxy) is 1. The van der Waals surface area contributed by atoms with Gasteiger partial charge >= 0.3 is 5.97 Å². The van der Waals surface area contributed by atoms with E-state index in [1.54, 1.807) is 18.3 Å². The van der Waals surface area contributed by atoms with Crippen LogP contribution in [0, 0.1) is 0 Å². The van der Waals surface area contributed by atoms with Crippen LogP contribution in [0.1, 0.15) is 31.3 Å². The van der Waals surface area contributed by atoms with Gasteiger partial charge in [0.1, 0.15) is 11.3 Å². The van der Waals surface area contributed by atoms with E-state index in [1.807, 2.05) is 20.8 Å². The summed E-state index contributed by atoms with van der Waals surface area (Å²) in [7, 11) is 0. The monoisotopic (exact) mass is 181 g/mol. The summed E-state index contributed by atoms with van der Waals surface area (Å²) in [5.74, 6) is -0.312. The van der Waals surface area contributed by atoms with Crippen molar-refractivity contribution < 1.29 is 9.53 Å². The van der Waals surface area contributed by atoms with Crippen LogP contribution in [0.25, 0.3) is 0 Å². The number of hydrogen-bond acceptors (Lipinski definition) is 2. The number of nitrogens with one attached hydrogen (secondary N) is 1. The molecule has 1 aromatic rings. The minimum atomic E-state index is -0.428. The Labute approximate surface area is 77.9 Å². The lowest BCUT2D eigenvalue weighted by Crippen LogP contribution is -2.23. The first-order chi connectivity index (χ1) is 5.49. The molecule has 0 amide bonds. The van der Waals surface area contributed by atoms with E-state index in [1.165, 1.54) is 0 Å². The van der Waals surface area contributed by atoms with E-state index in [0.717, 1.165) is 0 Å². The number of nitrogens with zero attached hydrogens (tertiary/aromatic N) is 1. The predicted molar refractivity (Wildman–Crippen MR) is 48.1 cm³/mol. The summed E-state index contributed by atoms with van der Waals surface area (Å²) in [6, 6.07) is 3.45. The first-order valence-electron chi connectivity index (χ1n) is 3.86. The first-order valence-corrected chi connectivity index (χ1v) is 3.86. The van der Waals surface area contributed by atoms with Crippen LogP contribution < -0.4 is 6.15 Å². The Morgan fingerprint density at radius 3 is 2.46 bits per heavy atom. The van der Waals surface area contributed by atoms with Gasteiger partial charge in [0.15, 0.2) is 0 Å². The fraction of sp³-hybridized carbons (Fsp3) is 0.444. The van der Waals surface area contributed by atoms with Crippen LogP contribution in [0.2, 0.25) is 0 Å². The van der Waals surface area contributed by atoms with E-state index in [9.17, 15) is 4.79 Å². The summed E-state index contributed by atoms with van der Waals surface area (Å²) in [6.07, 6.45) is 1.69. The van der Waals surface area contributed by atoms with Crippen LogP contribution in [-0.2, 0) is 4.74 Å². The molecule has 4 heteroatoms. The number of esters is 1. The molecular weight excluding hydrogens is 168 g/mol. The van der Waals surface area contributed by atoms with Gasteiger partial charge in [-0.15, -0.1) is 0 Å². The maximum absolute atomic E-state index is 11.3. The van der Waals surface area contributed by atoms with E-state index >= 15 is 0 Å². The van der Waals surface area contributed by atoms with Gasteiger partial charge in [0.05, 0.1) is 0 Å². The molecule has 0 aliphatic carbocycles. The molecule has 0 bridgehead atoms. The molecule has 0 spiro atoms. The van der Waals surface area contributed by atoms with Gasteiger partial charge in [-0.05, 0) is 32.9 Å². The lowest BCUT2D eigenvalue weighted by molar-refractivity contribution is 0.00636. The summed E-state index contributed by atoms with van der Waals surface area (Å²) in [6.45, 7) is 5.52. The van der Waals surface area contributed by atoms with Crippen LogP contribution in [0.4, 0.5) is 0 Å². The van der Waals surface area contributed by atoms with Crippen molar-refractivity contribution in [1.82, 2.24) is 11.1 Å². The largest absolute Gasteiger partial charge is 0.455 e. The molecule has 1 rings (SSSR count). The maximum Gasteiger partial charge on any atom is 0.355 e. The van der Waals surface area contributed by atoms with E-state index in [0.29, 0.717) is 5.69 Å². The molecule has 71 valence electrons. The Morgan fingerprint density at radius 2 is 2.08 bits per heavy atom. The van der Waals surface area contributed by atoms with Crippen molar-refractivity contribution in [2.75, 3.05) is 0 Å². The molecular formula is C9H13N2O2. The number of carbonyl (C=O) groups excluding carboxylic acids is 1. The average molecular weight is 181 g/mol. The van der Waals surface area contributed by atoms with Crippen LogP contribution in [0.3, 0.4) is 0 Å². The van der Waals surface area contributed by atoms with Crippen molar-refractivity contribution in [3.05, 3.63) is 24.0 Å². The third-order valence-electron chi connectivity index (χ3n) is 1.22. The molecule has 0 aliphatic heterocycles. The number of hydrogen-bond donors (Lipinski definition) is 1. The van der Waals surface area contributed by atoms with E-state index in [2.05, 4.69) is 4.98 Å². The SMILES string of the molecule is CC(C)(C)OC(=O)c1ccc[nH]1.[N]. The van der Waals surface area contributed by atoms with Crippen molar-refractivity contribution in [1.29, 1.82) is 0 Å². The van der Waals surface area contributed by atoms with E-state index in [4.69, 9.17) is 4.74 Å². The van der Waals surface area contributed by atoms with Crippen molar-refractivity contribution in [2.45, 2.75) is 26.4 Å². The van der Waals surface area contributed by atoms with Crippen LogP contribution in [-0.4, -0.2) is 16.6 Å². The smallest absolute Gasteiger partial charge is 0.355 e. The molecule has 1 heterocycles. The van der Waals surface area contributed by atoms with Gasteiger partial charge in [0.2, 0.25) is 0 Å². The second-order valence-electron chi connectivity index (χ2n) is 3.59. The molecule has 1 aromatic heterocycles. The molecule has 0 fully saturated rings. The quantitative estimate of drug-likeness (QED) is 0.666. The van der Waals surface area contributed by atoms with Crippen LogP contribution >= 0.6 is 0 Å². The average Bonchev–Trinajstić information content (AvgIpc) is 2.32. The summed E-state index contributed by atoms with van der Waals surface area (Å²) in [5, 5.41) is 0. The summed E-state index contributed by atoms with van der Waals surface area (Å²) < 4.78 is 5.11. The zero-order chi connectivity index (χ0) is 9.19. The first kappa shape index (κ1) is 11.7. The highest BCUT2D eigenvalue weighted by Crippen LogP contribution is 2.10. The van der Waals surface area contributed by atoms with E-state index in [-0.39, 0.29) is 12.1 Å². The lowest BCUT2D eigenvalue weighted by atomic mass is 10.2. The topological polar surface area (TPSA) is 72.6 Å². The Morgan fingerprint density at radius 1 is 1.46 bits per heavy atom. The molecule has 0 saturated heterocycles. The molecule has 4 nitrogen and oxygen atoms in total. The van der Waals surface area contributed by atoms with Gasteiger partial charge in [0, 0.05) is 12.3 Å². The van der Waals surface area contributed by atoms with Crippen LogP contribution in [0.15, 0.2) is 18.3 Å². The standard InChI is InChI=1S/C9H13NO2.N/c1-9(2,3)12-8(11)7-5-4-6-10-7;/h4-6,10H,1-3H3;. The molecule has 0 atom stereocenters. The highest BCUT2D eigenvalue weighted by Gasteiger charge is 2.17. The van der Waals surface area contributed by atoms with E-state index < -0.39 is 5.60 Å². The second-order valence-corrected chi connectivity index (χ2v) is 3.59. The zero-order valence-corrected chi connectivity index (χ0v) is 8.00. The van der Waals surface area contributed by atoms with Gasteiger partial charge in [0.25, 0.3) is 0 Å². The summed E-state index contributed by atoms with van der Waals surface area (Å²) >= 11 is 0. The van der Waals surface area contributed by atoms with Crippen LogP contribution in [0.5, 0.6) is 0 Å². The highest BCUT2D eigenvalue weighted by molar-refractivity contribution is 5.87.